The van der Waals surface area contributed by atoms with Gasteiger partial charge in [-0.05, 0) is 47.8 Å². The smallest absolute Gasteiger partial charge is 0.0355 e. The van der Waals surface area contributed by atoms with Crippen molar-refractivity contribution in [1.29, 1.82) is 0 Å². The Kier molecular flexibility index (Phi) is 13.2. The molecule has 0 rings (SSSR count). The largest absolute Gasteiger partial charge is 0.0651 e. The lowest BCUT2D eigenvalue weighted by Crippen LogP contribution is -2.35. The van der Waals surface area contributed by atoms with Crippen LogP contribution in [0.25, 0.3) is 0 Å². The summed E-state index contributed by atoms with van der Waals surface area (Å²) in [5.41, 5.74) is 0. The lowest BCUT2D eigenvalue weighted by molar-refractivity contribution is 0.0677. The van der Waals surface area contributed by atoms with Crippen LogP contribution < -0.4 is 0 Å². The van der Waals surface area contributed by atoms with Crippen LogP contribution in [0.2, 0.25) is 0 Å². The van der Waals surface area contributed by atoms with Gasteiger partial charge in [-0.1, -0.05) is 107 Å². The van der Waals surface area contributed by atoms with E-state index in [0.29, 0.717) is 0 Å². The molecule has 7 unspecified atom stereocenters. The SMILES string of the molecule is CCC(C)CC(CC)C(CC)C(CC)C(CC)C(CC)C(C)CC. The van der Waals surface area contributed by atoms with Crippen molar-refractivity contribution in [2.24, 2.45) is 41.4 Å². The molecule has 0 bridgehead atoms. The van der Waals surface area contributed by atoms with Crippen molar-refractivity contribution < 1.29 is 0 Å². The monoisotopic (exact) mass is 338 g/mol. The van der Waals surface area contributed by atoms with E-state index < -0.39 is 0 Å². The number of hydrogen-bond donors (Lipinski definition) is 0. The molecular weight excluding hydrogens is 288 g/mol. The van der Waals surface area contributed by atoms with E-state index in [-0.39, 0.29) is 0 Å². The third kappa shape index (κ3) is 6.72. The molecule has 0 radical (unpaired) electrons. The zero-order chi connectivity index (χ0) is 18.7. The third-order valence-electron chi connectivity index (χ3n) is 7.44. The second kappa shape index (κ2) is 13.2. The standard InChI is InChI=1S/C24H50/c1-10-18(8)17-20(12-3)22(14-5)24(16-7)23(15-6)21(13-4)19(9)11-2/h18-24H,10-17H2,1-9H3. The van der Waals surface area contributed by atoms with E-state index in [9.17, 15) is 0 Å². The highest BCUT2D eigenvalue weighted by Gasteiger charge is 2.36. The van der Waals surface area contributed by atoms with Crippen molar-refractivity contribution in [3.63, 3.8) is 0 Å². The second-order valence-electron chi connectivity index (χ2n) is 8.59. The van der Waals surface area contributed by atoms with Crippen LogP contribution in [0.5, 0.6) is 0 Å². The van der Waals surface area contributed by atoms with E-state index in [1.165, 1.54) is 51.4 Å². The minimum absolute atomic E-state index is 0.876. The maximum Gasteiger partial charge on any atom is -0.0355 e. The average Bonchev–Trinajstić information content (AvgIpc) is 2.62. The predicted octanol–water partition coefficient (Wildman–Crippen LogP) is 8.60. The molecule has 7 atom stereocenters. The van der Waals surface area contributed by atoms with Gasteiger partial charge in [0.1, 0.15) is 0 Å². The molecule has 0 aromatic heterocycles. The Morgan fingerprint density at radius 3 is 1.25 bits per heavy atom. The Morgan fingerprint density at radius 1 is 0.458 bits per heavy atom. The summed E-state index contributed by atoms with van der Waals surface area (Å²) in [6, 6.07) is 0. The highest BCUT2D eigenvalue weighted by molar-refractivity contribution is 4.85. The molecule has 0 aliphatic heterocycles. The summed E-state index contributed by atoms with van der Waals surface area (Å²) < 4.78 is 0. The van der Waals surface area contributed by atoms with Crippen molar-refractivity contribution in [3.8, 4) is 0 Å². The van der Waals surface area contributed by atoms with Gasteiger partial charge in [0.25, 0.3) is 0 Å². The molecule has 0 aromatic carbocycles. The molecule has 0 aliphatic carbocycles. The molecule has 0 amide bonds. The van der Waals surface area contributed by atoms with Gasteiger partial charge in [0, 0.05) is 0 Å². The first kappa shape index (κ1) is 24.0. The predicted molar refractivity (Wildman–Crippen MR) is 112 cm³/mol. The molecule has 0 fully saturated rings. The summed E-state index contributed by atoms with van der Waals surface area (Å²) in [5, 5.41) is 0. The van der Waals surface area contributed by atoms with Gasteiger partial charge in [-0.2, -0.15) is 0 Å². The molecule has 0 aliphatic rings. The molecular formula is C24H50. The highest BCUT2D eigenvalue weighted by Crippen LogP contribution is 2.44. The van der Waals surface area contributed by atoms with Gasteiger partial charge < -0.3 is 0 Å². The van der Waals surface area contributed by atoms with Gasteiger partial charge in [0.2, 0.25) is 0 Å². The quantitative estimate of drug-likeness (QED) is 0.297. The molecule has 0 spiro atoms. The zero-order valence-corrected chi connectivity index (χ0v) is 18.7. The zero-order valence-electron chi connectivity index (χ0n) is 18.7. The van der Waals surface area contributed by atoms with Crippen molar-refractivity contribution >= 4 is 0 Å². The molecule has 0 saturated carbocycles. The van der Waals surface area contributed by atoms with Crippen LogP contribution >= 0.6 is 0 Å². The topological polar surface area (TPSA) is 0 Å². The van der Waals surface area contributed by atoms with Crippen molar-refractivity contribution in [2.75, 3.05) is 0 Å². The minimum atomic E-state index is 0.876. The van der Waals surface area contributed by atoms with Crippen LogP contribution in [0.15, 0.2) is 0 Å². The Labute approximate surface area is 155 Å². The lowest BCUT2D eigenvalue weighted by Gasteiger charge is -2.42. The summed E-state index contributed by atoms with van der Waals surface area (Å²) >= 11 is 0. The fourth-order valence-corrected chi connectivity index (χ4v) is 5.59. The summed E-state index contributed by atoms with van der Waals surface area (Å²) in [6.07, 6.45) is 11.0. The van der Waals surface area contributed by atoms with Gasteiger partial charge in [-0.3, -0.25) is 0 Å². The first-order valence-corrected chi connectivity index (χ1v) is 11.4. The number of hydrogen-bond acceptors (Lipinski definition) is 0. The van der Waals surface area contributed by atoms with E-state index in [0.717, 1.165) is 41.4 Å². The second-order valence-corrected chi connectivity index (χ2v) is 8.59. The molecule has 24 heavy (non-hydrogen) atoms. The third-order valence-corrected chi connectivity index (χ3v) is 7.44. The summed E-state index contributed by atoms with van der Waals surface area (Å²) in [6.45, 7) is 22.0. The molecule has 0 nitrogen and oxygen atoms in total. The van der Waals surface area contributed by atoms with E-state index in [1.54, 1.807) is 0 Å². The Hall–Kier alpha value is 0. The van der Waals surface area contributed by atoms with Crippen molar-refractivity contribution in [2.45, 2.75) is 114 Å². The average molecular weight is 339 g/mol. The van der Waals surface area contributed by atoms with Crippen molar-refractivity contribution in [1.82, 2.24) is 0 Å². The van der Waals surface area contributed by atoms with E-state index >= 15 is 0 Å². The Morgan fingerprint density at radius 2 is 0.917 bits per heavy atom. The summed E-state index contributed by atoms with van der Waals surface area (Å²) in [4.78, 5) is 0. The molecule has 0 aromatic rings. The van der Waals surface area contributed by atoms with E-state index in [1.807, 2.05) is 0 Å². The van der Waals surface area contributed by atoms with Gasteiger partial charge in [-0.25, -0.2) is 0 Å². The Bertz CT molecular complexity index is 282. The molecule has 0 saturated heterocycles. The lowest BCUT2D eigenvalue weighted by atomic mass is 9.63. The molecule has 0 heteroatoms. The fraction of sp³-hybridized carbons (Fsp3) is 1.00. The van der Waals surface area contributed by atoms with Crippen LogP contribution in [0.3, 0.4) is 0 Å². The molecule has 146 valence electrons. The van der Waals surface area contributed by atoms with Crippen LogP contribution in [0.1, 0.15) is 114 Å². The van der Waals surface area contributed by atoms with Crippen molar-refractivity contribution in [3.05, 3.63) is 0 Å². The summed E-state index contributed by atoms with van der Waals surface area (Å²) in [7, 11) is 0. The minimum Gasteiger partial charge on any atom is -0.0651 e. The van der Waals surface area contributed by atoms with Gasteiger partial charge in [0.05, 0.1) is 0 Å². The van der Waals surface area contributed by atoms with Crippen LogP contribution in [0.4, 0.5) is 0 Å². The first-order chi connectivity index (χ1) is 11.4. The van der Waals surface area contributed by atoms with E-state index in [4.69, 9.17) is 0 Å². The molecule has 0 heterocycles. The highest BCUT2D eigenvalue weighted by atomic mass is 14.4. The van der Waals surface area contributed by atoms with Crippen LogP contribution in [-0.2, 0) is 0 Å². The fourth-order valence-electron chi connectivity index (χ4n) is 5.59. The van der Waals surface area contributed by atoms with Crippen LogP contribution in [-0.4, -0.2) is 0 Å². The van der Waals surface area contributed by atoms with Gasteiger partial charge in [0.15, 0.2) is 0 Å². The summed E-state index contributed by atoms with van der Waals surface area (Å²) in [5.74, 6) is 6.38. The van der Waals surface area contributed by atoms with E-state index in [2.05, 4.69) is 62.3 Å². The van der Waals surface area contributed by atoms with Gasteiger partial charge in [-0.15, -0.1) is 0 Å². The van der Waals surface area contributed by atoms with Gasteiger partial charge >= 0.3 is 0 Å². The van der Waals surface area contributed by atoms with Crippen LogP contribution in [0, 0.1) is 41.4 Å². The maximum absolute atomic E-state index is 2.50. The normalized spacial score (nSPS) is 20.9. The first-order valence-electron chi connectivity index (χ1n) is 11.4. The number of rotatable bonds is 14. The Balaban J connectivity index is 5.44. The maximum atomic E-state index is 2.50. The molecule has 0 N–H and O–H groups in total.